The molecule has 0 saturated carbocycles. The number of hydrogen-bond donors (Lipinski definition) is 0. The molecule has 336 valence electrons. The number of anilines is 6. The Hall–Kier alpha value is -8.47. The van der Waals surface area contributed by atoms with Crippen LogP contribution >= 0.6 is 0 Å². The van der Waals surface area contributed by atoms with Gasteiger partial charge in [0.15, 0.2) is 0 Å². The first-order valence-electron chi connectivity index (χ1n) is 24.3. The molecule has 4 heteroatoms. The smallest absolute Gasteiger partial charge is 0.123 e. The zero-order chi connectivity index (χ0) is 47.3. The number of hydrogen-bond acceptors (Lipinski definition) is 2. The van der Waals surface area contributed by atoms with Gasteiger partial charge in [0, 0.05) is 61.4 Å². The van der Waals surface area contributed by atoms with E-state index in [-0.39, 0.29) is 16.6 Å². The summed E-state index contributed by atoms with van der Waals surface area (Å²) in [6.07, 6.45) is 0. The van der Waals surface area contributed by atoms with Crippen molar-refractivity contribution in [1.82, 2.24) is 4.57 Å². The topological polar surface area (TPSA) is 11.4 Å². The first-order chi connectivity index (χ1) is 34.1. The summed E-state index contributed by atoms with van der Waals surface area (Å²) < 4.78 is 17.1. The Bertz CT molecular complexity index is 3850. The summed E-state index contributed by atoms with van der Waals surface area (Å²) in [5.41, 5.74) is 21.8. The molecule has 70 heavy (non-hydrogen) atoms. The maximum atomic E-state index is 14.7. The molecule has 0 spiro atoms. The van der Waals surface area contributed by atoms with Crippen LogP contribution in [0.15, 0.2) is 231 Å². The normalized spacial score (nSPS) is 13.7. The second kappa shape index (κ2) is 15.8. The predicted molar refractivity (Wildman–Crippen MR) is 291 cm³/mol. The van der Waals surface area contributed by atoms with Crippen molar-refractivity contribution in [2.75, 3.05) is 9.80 Å². The first kappa shape index (κ1) is 41.7. The van der Waals surface area contributed by atoms with Crippen molar-refractivity contribution in [2.45, 2.75) is 38.5 Å². The Labute approximate surface area is 409 Å². The van der Waals surface area contributed by atoms with Crippen LogP contribution in [0.25, 0.3) is 60.9 Å². The highest BCUT2D eigenvalue weighted by Crippen LogP contribution is 2.53. The van der Waals surface area contributed by atoms with E-state index in [2.05, 4.69) is 242 Å². The third-order valence-corrected chi connectivity index (χ3v) is 15.2. The molecule has 0 radical (unpaired) electrons. The van der Waals surface area contributed by atoms with Crippen molar-refractivity contribution in [3.8, 4) is 39.1 Å². The molecule has 3 nitrogen and oxygen atoms in total. The average molecular weight is 904 g/mol. The van der Waals surface area contributed by atoms with Crippen LogP contribution in [0.3, 0.4) is 0 Å². The van der Waals surface area contributed by atoms with Crippen LogP contribution in [-0.2, 0) is 10.8 Å². The lowest BCUT2D eigenvalue weighted by Gasteiger charge is -2.31. The molecule has 0 bridgehead atoms. The molecule has 2 aliphatic rings. The molecule has 0 atom stereocenters. The van der Waals surface area contributed by atoms with E-state index in [1.807, 2.05) is 18.2 Å². The zero-order valence-electron chi connectivity index (χ0n) is 39.7. The van der Waals surface area contributed by atoms with E-state index < -0.39 is 0 Å². The van der Waals surface area contributed by atoms with Gasteiger partial charge in [-0.05, 0) is 165 Å². The van der Waals surface area contributed by atoms with Crippen LogP contribution in [0.2, 0.25) is 0 Å². The van der Waals surface area contributed by atoms with Gasteiger partial charge in [-0.3, -0.25) is 0 Å². The average Bonchev–Trinajstić information content (AvgIpc) is 3.94. The van der Waals surface area contributed by atoms with Gasteiger partial charge in [0.05, 0.1) is 11.0 Å². The lowest BCUT2D eigenvalue weighted by Crippen LogP contribution is -2.17. The van der Waals surface area contributed by atoms with E-state index >= 15 is 0 Å². The molecule has 1 aromatic heterocycles. The van der Waals surface area contributed by atoms with Gasteiger partial charge in [-0.1, -0.05) is 149 Å². The van der Waals surface area contributed by atoms with Crippen LogP contribution in [-0.4, -0.2) is 4.57 Å². The second-order valence-corrected chi connectivity index (χ2v) is 19.9. The van der Waals surface area contributed by atoms with Crippen LogP contribution in [0.4, 0.5) is 38.5 Å². The Balaban J connectivity index is 1.03. The molecule has 0 N–H and O–H groups in total. The second-order valence-electron chi connectivity index (χ2n) is 19.9. The van der Waals surface area contributed by atoms with E-state index in [1.165, 1.54) is 60.8 Å². The fourth-order valence-electron chi connectivity index (χ4n) is 11.8. The number of halogens is 1. The summed E-state index contributed by atoms with van der Waals surface area (Å²) in [5, 5.41) is 2.38. The van der Waals surface area contributed by atoms with E-state index in [1.54, 1.807) is 12.1 Å². The van der Waals surface area contributed by atoms with Crippen molar-refractivity contribution in [2.24, 2.45) is 0 Å². The van der Waals surface area contributed by atoms with Crippen LogP contribution < -0.4 is 9.80 Å². The van der Waals surface area contributed by atoms with Gasteiger partial charge < -0.3 is 14.4 Å². The maximum absolute atomic E-state index is 14.7. The van der Waals surface area contributed by atoms with Crippen molar-refractivity contribution < 1.29 is 4.39 Å². The van der Waals surface area contributed by atoms with E-state index in [0.717, 1.165) is 56.5 Å². The van der Waals surface area contributed by atoms with E-state index in [9.17, 15) is 4.39 Å². The van der Waals surface area contributed by atoms with Crippen molar-refractivity contribution in [3.63, 3.8) is 0 Å². The van der Waals surface area contributed by atoms with Gasteiger partial charge in [-0.25, -0.2) is 4.39 Å². The van der Waals surface area contributed by atoms with E-state index in [0.29, 0.717) is 0 Å². The molecular formula is C66H50FN3. The largest absolute Gasteiger partial charge is 0.310 e. The molecule has 1 heterocycles. The number of aromatic nitrogens is 1. The minimum atomic E-state index is -0.274. The minimum absolute atomic E-state index is 0.118. The highest BCUT2D eigenvalue weighted by atomic mass is 19.1. The number of nitrogens with zero attached hydrogens (tertiary/aromatic N) is 3. The zero-order valence-corrected chi connectivity index (χ0v) is 39.7. The molecule has 0 aliphatic heterocycles. The Morgan fingerprint density at radius 3 is 1.46 bits per heavy atom. The van der Waals surface area contributed by atoms with Crippen molar-refractivity contribution in [3.05, 3.63) is 259 Å². The van der Waals surface area contributed by atoms with Crippen LogP contribution in [0.1, 0.15) is 49.9 Å². The SMILES string of the molecule is CC1(C)c2ccccc2-c2ccc(N(c3ccccc3)c3cc(-c4ccc5c(c4)c4ccccc4n5-c4ccc5c(c4)C(C)(C)c4ccccc4-5)cc(N(c4ccccc4)c4ccc(F)cc4)c3)cc21. The minimum Gasteiger partial charge on any atom is -0.310 e. The molecular weight excluding hydrogens is 854 g/mol. The fraction of sp³-hybridized carbons (Fsp3) is 0.0909. The third kappa shape index (κ3) is 6.47. The summed E-state index contributed by atoms with van der Waals surface area (Å²) >= 11 is 0. The molecule has 0 saturated heterocycles. The van der Waals surface area contributed by atoms with Gasteiger partial charge in [0.1, 0.15) is 5.82 Å². The quantitative estimate of drug-likeness (QED) is 0.151. The van der Waals surface area contributed by atoms with Gasteiger partial charge >= 0.3 is 0 Å². The number of fused-ring (bicyclic) bond motifs is 9. The lowest BCUT2D eigenvalue weighted by molar-refractivity contribution is 0.628. The summed E-state index contributed by atoms with van der Waals surface area (Å²) in [7, 11) is 0. The summed E-state index contributed by atoms with van der Waals surface area (Å²) in [5.74, 6) is -0.274. The lowest BCUT2D eigenvalue weighted by atomic mass is 9.82. The summed E-state index contributed by atoms with van der Waals surface area (Å²) in [4.78, 5) is 4.62. The highest BCUT2D eigenvalue weighted by Gasteiger charge is 2.37. The number of rotatable bonds is 8. The Morgan fingerprint density at radius 1 is 0.329 bits per heavy atom. The van der Waals surface area contributed by atoms with Gasteiger partial charge in [-0.15, -0.1) is 0 Å². The predicted octanol–water partition coefficient (Wildman–Crippen LogP) is 18.1. The van der Waals surface area contributed by atoms with Gasteiger partial charge in [-0.2, -0.15) is 0 Å². The van der Waals surface area contributed by atoms with Crippen LogP contribution in [0, 0.1) is 5.82 Å². The van der Waals surface area contributed by atoms with Gasteiger partial charge in [0.2, 0.25) is 0 Å². The van der Waals surface area contributed by atoms with Gasteiger partial charge in [0.25, 0.3) is 0 Å². The molecule has 10 aromatic carbocycles. The third-order valence-electron chi connectivity index (χ3n) is 15.2. The molecule has 0 amide bonds. The van der Waals surface area contributed by atoms with Crippen molar-refractivity contribution in [1.29, 1.82) is 0 Å². The molecule has 0 fully saturated rings. The van der Waals surface area contributed by atoms with Crippen LogP contribution in [0.5, 0.6) is 0 Å². The fourth-order valence-corrected chi connectivity index (χ4v) is 11.8. The number of benzene rings is 10. The number of para-hydroxylation sites is 3. The monoisotopic (exact) mass is 903 g/mol. The summed E-state index contributed by atoms with van der Waals surface area (Å²) in [6.45, 7) is 9.37. The molecule has 0 unspecified atom stereocenters. The summed E-state index contributed by atoms with van der Waals surface area (Å²) in [6, 6.07) is 82.1. The first-order valence-corrected chi connectivity index (χ1v) is 24.3. The highest BCUT2D eigenvalue weighted by molar-refractivity contribution is 6.11. The van der Waals surface area contributed by atoms with Crippen molar-refractivity contribution >= 4 is 55.9 Å². The standard InChI is InChI=1S/C66H50FN3/c1-65(2)59-24-14-11-21-53(59)55-34-32-49(41-61(55)65)69(47-19-9-6-10-20-47)52-38-44(37-51(40-52)68(46-17-7-5-8-18-46)48-30-28-45(67)29-31-48)43-27-36-64-58(39-43)57-23-13-16-26-63(57)70(64)50-33-35-56-54-22-12-15-25-60(54)66(3,4)62(56)42-50/h5-42H,1-4H3. The Kier molecular flexibility index (Phi) is 9.41. The molecule has 13 rings (SSSR count). The molecule has 2 aliphatic carbocycles. The maximum Gasteiger partial charge on any atom is 0.123 e. The molecule has 11 aromatic rings. The Morgan fingerprint density at radius 2 is 0.814 bits per heavy atom. The van der Waals surface area contributed by atoms with E-state index in [4.69, 9.17) is 0 Å².